The van der Waals surface area contributed by atoms with Crippen LogP contribution in [0.2, 0.25) is 0 Å². The number of carbonyl (C=O) groups is 1. The first-order valence-corrected chi connectivity index (χ1v) is 10.7. The molecule has 0 spiro atoms. The van der Waals surface area contributed by atoms with Gasteiger partial charge in [0.15, 0.2) is 16.2 Å². The van der Waals surface area contributed by atoms with Crippen LogP contribution < -0.4 is 10.5 Å². The molecule has 0 aliphatic carbocycles. The number of quaternary nitrogens is 1. The lowest BCUT2D eigenvalue weighted by Crippen LogP contribution is -3.16. The summed E-state index contributed by atoms with van der Waals surface area (Å²) in [6.07, 6.45) is 2.48. The second kappa shape index (κ2) is 6.72. The van der Waals surface area contributed by atoms with Gasteiger partial charge in [-0.05, 0) is 30.7 Å². The van der Waals surface area contributed by atoms with Gasteiger partial charge in [0, 0.05) is 43.1 Å². The van der Waals surface area contributed by atoms with E-state index in [2.05, 4.69) is 21.1 Å². The molecule has 1 amide bonds. The number of thiocarbonyl (C=S) groups is 1. The van der Waals surface area contributed by atoms with E-state index in [9.17, 15) is 9.59 Å². The number of piperidine rings is 1. The quantitative estimate of drug-likeness (QED) is 0.702. The van der Waals surface area contributed by atoms with Crippen LogP contribution in [0.25, 0.3) is 0 Å². The summed E-state index contributed by atoms with van der Waals surface area (Å²) < 4.78 is 2.75. The normalized spacial score (nSPS) is 29.9. The summed E-state index contributed by atoms with van der Waals surface area (Å²) >= 11 is 7.01. The van der Waals surface area contributed by atoms with Crippen LogP contribution in [0.4, 0.5) is 0 Å². The van der Waals surface area contributed by atoms with Crippen LogP contribution in [0.5, 0.6) is 0 Å². The highest BCUT2D eigenvalue weighted by atomic mass is 32.2. The van der Waals surface area contributed by atoms with Gasteiger partial charge in [0.1, 0.15) is 0 Å². The van der Waals surface area contributed by atoms with Crippen LogP contribution >= 0.6 is 24.0 Å². The number of hydrogen-bond donors (Lipinski definition) is 1. The van der Waals surface area contributed by atoms with Crippen LogP contribution in [0.3, 0.4) is 0 Å². The van der Waals surface area contributed by atoms with Gasteiger partial charge in [-0.15, -0.1) is 0 Å². The summed E-state index contributed by atoms with van der Waals surface area (Å²) in [4.78, 5) is 29.7. The molecule has 3 atom stereocenters. The Morgan fingerprint density at radius 3 is 3.07 bits per heavy atom. The molecule has 4 aliphatic heterocycles. The standard InChI is InChI=1S/C18H21N5O2S2/c24-15-4-2-6-22-17(19-15)27-18(26)23(22)11-20-8-12-7-13(10-20)14-3-1-5-16(25)21(14)9-12/h1,3,5,12-13H,2,4,6-11H2/p+1/t12-,13+/m0/s1. The van der Waals surface area contributed by atoms with Crippen molar-refractivity contribution in [3.63, 3.8) is 0 Å². The second-order valence-corrected chi connectivity index (χ2v) is 9.40. The summed E-state index contributed by atoms with van der Waals surface area (Å²) in [6.45, 7) is 4.45. The minimum Gasteiger partial charge on any atom is -0.316 e. The smallest absolute Gasteiger partial charge is 0.250 e. The molecule has 27 heavy (non-hydrogen) atoms. The Morgan fingerprint density at radius 2 is 2.19 bits per heavy atom. The molecule has 0 saturated carbocycles. The third-order valence-electron chi connectivity index (χ3n) is 5.93. The first-order chi connectivity index (χ1) is 13.1. The van der Waals surface area contributed by atoms with Crippen LogP contribution in [0.1, 0.15) is 30.9 Å². The lowest BCUT2D eigenvalue weighted by Gasteiger charge is -2.42. The van der Waals surface area contributed by atoms with E-state index in [1.807, 2.05) is 10.6 Å². The van der Waals surface area contributed by atoms with Gasteiger partial charge in [-0.3, -0.25) is 14.6 Å². The highest BCUT2D eigenvalue weighted by Gasteiger charge is 2.41. The number of aliphatic imine (C=N–C) groups is 1. The van der Waals surface area contributed by atoms with E-state index in [-0.39, 0.29) is 11.5 Å². The van der Waals surface area contributed by atoms with Gasteiger partial charge in [0.25, 0.3) is 5.56 Å². The van der Waals surface area contributed by atoms with Crippen molar-refractivity contribution in [2.75, 3.05) is 26.3 Å². The van der Waals surface area contributed by atoms with Crippen molar-refractivity contribution in [1.29, 1.82) is 0 Å². The molecule has 1 aromatic rings. The molecule has 1 N–H and O–H groups in total. The number of amidine groups is 1. The first-order valence-electron chi connectivity index (χ1n) is 9.50. The molecule has 9 heteroatoms. The lowest BCUT2D eigenvalue weighted by atomic mass is 9.83. The van der Waals surface area contributed by atoms with E-state index in [1.54, 1.807) is 6.07 Å². The number of nitrogens with zero attached hydrogens (tertiary/aromatic N) is 4. The predicted molar refractivity (Wildman–Crippen MR) is 108 cm³/mol. The van der Waals surface area contributed by atoms with Gasteiger partial charge in [-0.1, -0.05) is 18.3 Å². The maximum absolute atomic E-state index is 12.2. The predicted octanol–water partition coefficient (Wildman–Crippen LogP) is 0.0349. The SMILES string of the molecule is O=C1CCCN2C(=N1)SC(=S)N2C[NH+]1C[C@@H]2C[C@H](C1)c1cccc(=O)n1C2. The highest BCUT2D eigenvalue weighted by molar-refractivity contribution is 8.33. The average Bonchev–Trinajstić information content (AvgIpc) is 2.80. The largest absolute Gasteiger partial charge is 0.316 e. The van der Waals surface area contributed by atoms with Crippen molar-refractivity contribution in [2.24, 2.45) is 10.9 Å². The number of fused-ring (bicyclic) bond motifs is 5. The van der Waals surface area contributed by atoms with Crippen molar-refractivity contribution in [1.82, 2.24) is 14.6 Å². The number of rotatable bonds is 2. The Labute approximate surface area is 167 Å². The van der Waals surface area contributed by atoms with E-state index < -0.39 is 0 Å². The Hall–Kier alpha value is -1.71. The molecule has 0 aromatic carbocycles. The van der Waals surface area contributed by atoms with Crippen molar-refractivity contribution in [2.45, 2.75) is 31.7 Å². The Bertz CT molecular complexity index is 898. The molecule has 7 nitrogen and oxygen atoms in total. The van der Waals surface area contributed by atoms with E-state index in [4.69, 9.17) is 12.2 Å². The van der Waals surface area contributed by atoms with Gasteiger partial charge < -0.3 is 9.47 Å². The van der Waals surface area contributed by atoms with Crippen molar-refractivity contribution in [3.05, 3.63) is 34.2 Å². The number of amides is 1. The van der Waals surface area contributed by atoms with Crippen LogP contribution in [-0.4, -0.2) is 56.3 Å². The van der Waals surface area contributed by atoms with Gasteiger partial charge in [-0.2, -0.15) is 4.99 Å². The zero-order valence-corrected chi connectivity index (χ0v) is 16.6. The van der Waals surface area contributed by atoms with Gasteiger partial charge in [0.2, 0.25) is 5.91 Å². The monoisotopic (exact) mass is 404 g/mol. The minimum absolute atomic E-state index is 0.0495. The fraction of sp³-hybridized carbons (Fsp3) is 0.556. The van der Waals surface area contributed by atoms with Crippen LogP contribution in [0.15, 0.2) is 28.0 Å². The number of carbonyl (C=O) groups excluding carboxylic acids is 1. The Morgan fingerprint density at radius 1 is 1.30 bits per heavy atom. The molecule has 0 radical (unpaired) electrons. The molecule has 1 aromatic heterocycles. The average molecular weight is 405 g/mol. The molecular formula is C18H22N5O2S2+. The third kappa shape index (κ3) is 3.11. The van der Waals surface area contributed by atoms with Gasteiger partial charge >= 0.3 is 0 Å². The third-order valence-corrected chi connectivity index (χ3v) is 7.26. The highest BCUT2D eigenvalue weighted by Crippen LogP contribution is 2.31. The molecular weight excluding hydrogens is 382 g/mol. The summed E-state index contributed by atoms with van der Waals surface area (Å²) in [5.41, 5.74) is 1.30. The van der Waals surface area contributed by atoms with Crippen molar-refractivity contribution in [3.8, 4) is 0 Å². The zero-order chi connectivity index (χ0) is 18.5. The van der Waals surface area contributed by atoms with Crippen LogP contribution in [0, 0.1) is 5.92 Å². The fourth-order valence-corrected chi connectivity index (χ4v) is 6.09. The first kappa shape index (κ1) is 17.4. The maximum atomic E-state index is 12.2. The topological polar surface area (TPSA) is 62.4 Å². The number of thioether (sulfide) groups is 1. The minimum atomic E-state index is -0.0495. The fourth-order valence-electron chi connectivity index (χ4n) is 4.84. The molecule has 5 rings (SSSR count). The molecule has 1 unspecified atom stereocenters. The number of aromatic nitrogens is 1. The number of nitrogens with one attached hydrogen (secondary N) is 1. The molecule has 2 fully saturated rings. The lowest BCUT2D eigenvalue weighted by molar-refractivity contribution is -0.921. The molecule has 5 heterocycles. The Kier molecular flexibility index (Phi) is 4.33. The second-order valence-electron chi connectivity index (χ2n) is 7.80. The number of hydrazine groups is 1. The van der Waals surface area contributed by atoms with E-state index >= 15 is 0 Å². The van der Waals surface area contributed by atoms with Crippen LogP contribution in [-0.2, 0) is 11.3 Å². The molecule has 2 bridgehead atoms. The summed E-state index contributed by atoms with van der Waals surface area (Å²) in [6, 6.07) is 5.65. The number of pyridine rings is 1. The van der Waals surface area contributed by atoms with E-state index in [0.29, 0.717) is 18.3 Å². The maximum Gasteiger partial charge on any atom is 0.250 e. The van der Waals surface area contributed by atoms with Gasteiger partial charge in [0.05, 0.1) is 13.1 Å². The summed E-state index contributed by atoms with van der Waals surface area (Å²) in [5.74, 6) is 0.893. The van der Waals surface area contributed by atoms with E-state index in [1.165, 1.54) is 22.4 Å². The Balaban J connectivity index is 1.35. The van der Waals surface area contributed by atoms with Crippen molar-refractivity contribution < 1.29 is 9.69 Å². The van der Waals surface area contributed by atoms with Crippen molar-refractivity contribution >= 4 is 39.4 Å². The molecule has 142 valence electrons. The zero-order valence-electron chi connectivity index (χ0n) is 15.0. The number of hydrogen-bond acceptors (Lipinski definition) is 5. The summed E-state index contributed by atoms with van der Waals surface area (Å²) in [5, 5.41) is 4.95. The number of likely N-dealkylation sites (tertiary alicyclic amines) is 1. The van der Waals surface area contributed by atoms with Gasteiger partial charge in [-0.25, -0.2) is 5.01 Å². The van der Waals surface area contributed by atoms with E-state index in [0.717, 1.165) is 55.2 Å². The molecule has 2 saturated heterocycles. The summed E-state index contributed by atoms with van der Waals surface area (Å²) in [7, 11) is 0. The molecule has 4 aliphatic rings.